The van der Waals surface area contributed by atoms with Crippen LogP contribution in [0.25, 0.3) is 0 Å². The van der Waals surface area contributed by atoms with Gasteiger partial charge in [-0.25, -0.2) is 0 Å². The lowest BCUT2D eigenvalue weighted by Crippen LogP contribution is -2.27. The Balaban J connectivity index is 2.24. The Labute approximate surface area is 107 Å². The fourth-order valence-corrected chi connectivity index (χ4v) is 1.53. The number of amides is 1. The molecule has 0 heterocycles. The highest BCUT2D eigenvalue weighted by Gasteiger charge is 2.02. The maximum atomic E-state index is 11.5. The molecule has 0 bridgehead atoms. The van der Waals surface area contributed by atoms with E-state index in [2.05, 4.69) is 17.2 Å². The van der Waals surface area contributed by atoms with Crippen molar-refractivity contribution >= 4 is 17.5 Å². The summed E-state index contributed by atoms with van der Waals surface area (Å²) in [4.78, 5) is 11.5. The molecule has 0 aromatic heterocycles. The molecule has 1 rings (SSSR count). The van der Waals surface area contributed by atoms with Crippen LogP contribution in [0, 0.1) is 0 Å². The zero-order valence-electron chi connectivity index (χ0n) is 9.71. The number of carbonyl (C=O) groups excluding carboxylic acids is 1. The molecule has 0 saturated carbocycles. The summed E-state index contributed by atoms with van der Waals surface area (Å²) in [5.74, 6) is 0.0153. The Morgan fingerprint density at radius 3 is 2.88 bits per heavy atom. The summed E-state index contributed by atoms with van der Waals surface area (Å²) >= 11 is 5.98. The van der Waals surface area contributed by atoms with Crippen LogP contribution in [-0.2, 0) is 11.3 Å². The van der Waals surface area contributed by atoms with Gasteiger partial charge in [-0.3, -0.25) is 4.79 Å². The lowest BCUT2D eigenvalue weighted by molar-refractivity contribution is -0.121. The van der Waals surface area contributed by atoms with E-state index in [1.165, 1.54) is 0 Å². The average Bonchev–Trinajstić information content (AvgIpc) is 2.34. The molecule has 17 heavy (non-hydrogen) atoms. The van der Waals surface area contributed by atoms with Crippen LogP contribution < -0.4 is 10.6 Å². The Kier molecular flexibility index (Phi) is 6.37. The van der Waals surface area contributed by atoms with Crippen molar-refractivity contribution in [3.8, 4) is 0 Å². The third-order valence-electron chi connectivity index (χ3n) is 2.25. The van der Waals surface area contributed by atoms with Gasteiger partial charge in [0, 0.05) is 31.1 Å². The van der Waals surface area contributed by atoms with E-state index in [1.807, 2.05) is 24.3 Å². The summed E-state index contributed by atoms with van der Waals surface area (Å²) in [6.07, 6.45) is 2.22. The highest BCUT2D eigenvalue weighted by atomic mass is 35.5. The van der Waals surface area contributed by atoms with Gasteiger partial charge in [0.2, 0.25) is 5.91 Å². The van der Waals surface area contributed by atoms with Crippen molar-refractivity contribution in [2.45, 2.75) is 13.0 Å². The predicted octanol–water partition coefficient (Wildman–Crippen LogP) is 2.12. The smallest absolute Gasteiger partial charge is 0.221 e. The number of nitrogens with one attached hydrogen (secondary N) is 2. The highest BCUT2D eigenvalue weighted by molar-refractivity contribution is 6.31. The molecular weight excluding hydrogens is 236 g/mol. The molecule has 92 valence electrons. The summed E-state index contributed by atoms with van der Waals surface area (Å²) in [6.45, 7) is 5.43. The zero-order chi connectivity index (χ0) is 12.5. The highest BCUT2D eigenvalue weighted by Crippen LogP contribution is 2.14. The first-order valence-electron chi connectivity index (χ1n) is 5.55. The molecule has 0 unspecified atom stereocenters. The Morgan fingerprint density at radius 1 is 1.41 bits per heavy atom. The number of benzene rings is 1. The van der Waals surface area contributed by atoms with E-state index in [0.29, 0.717) is 24.5 Å². The summed E-state index contributed by atoms with van der Waals surface area (Å²) in [6, 6.07) is 7.49. The average molecular weight is 253 g/mol. The summed E-state index contributed by atoms with van der Waals surface area (Å²) in [7, 11) is 0. The second kappa shape index (κ2) is 7.87. The second-order valence-corrected chi connectivity index (χ2v) is 4.02. The summed E-state index contributed by atoms with van der Waals surface area (Å²) < 4.78 is 0. The fraction of sp³-hybridized carbons (Fsp3) is 0.308. The topological polar surface area (TPSA) is 41.1 Å². The predicted molar refractivity (Wildman–Crippen MR) is 71.0 cm³/mol. The van der Waals surface area contributed by atoms with E-state index < -0.39 is 0 Å². The van der Waals surface area contributed by atoms with Crippen molar-refractivity contribution in [2.75, 3.05) is 13.1 Å². The van der Waals surface area contributed by atoms with Gasteiger partial charge in [-0.2, -0.15) is 0 Å². The van der Waals surface area contributed by atoms with Gasteiger partial charge in [-0.15, -0.1) is 6.58 Å². The second-order valence-electron chi connectivity index (χ2n) is 3.61. The summed E-state index contributed by atoms with van der Waals surface area (Å²) in [5, 5.41) is 6.58. The first-order chi connectivity index (χ1) is 8.24. The van der Waals surface area contributed by atoms with Crippen molar-refractivity contribution in [1.29, 1.82) is 0 Å². The van der Waals surface area contributed by atoms with Gasteiger partial charge in [-0.1, -0.05) is 35.9 Å². The summed E-state index contributed by atoms with van der Waals surface area (Å²) in [5.41, 5.74) is 0.932. The van der Waals surface area contributed by atoms with Crippen LogP contribution in [0.2, 0.25) is 5.02 Å². The maximum absolute atomic E-state index is 11.5. The molecule has 0 aliphatic carbocycles. The van der Waals surface area contributed by atoms with E-state index >= 15 is 0 Å². The molecule has 0 aliphatic rings. The SMILES string of the molecule is C=CCNCCC(=O)NCc1ccccc1Cl. The van der Waals surface area contributed by atoms with Crippen LogP contribution in [0.4, 0.5) is 0 Å². The minimum atomic E-state index is 0.0153. The van der Waals surface area contributed by atoms with Gasteiger partial charge in [-0.05, 0) is 11.6 Å². The van der Waals surface area contributed by atoms with Gasteiger partial charge >= 0.3 is 0 Å². The normalized spacial score (nSPS) is 9.94. The molecule has 4 heteroatoms. The van der Waals surface area contributed by atoms with Crippen LogP contribution in [0.15, 0.2) is 36.9 Å². The van der Waals surface area contributed by atoms with Gasteiger partial charge in [0.05, 0.1) is 0 Å². The Hall–Kier alpha value is -1.32. The number of rotatable bonds is 7. The van der Waals surface area contributed by atoms with E-state index in [0.717, 1.165) is 12.1 Å². The molecule has 1 aromatic rings. The van der Waals surface area contributed by atoms with Gasteiger partial charge in [0.1, 0.15) is 0 Å². The van der Waals surface area contributed by atoms with Crippen LogP contribution in [0.3, 0.4) is 0 Å². The minimum absolute atomic E-state index is 0.0153. The third kappa shape index (κ3) is 5.52. The molecule has 0 radical (unpaired) electrons. The number of halogens is 1. The molecule has 0 saturated heterocycles. The third-order valence-corrected chi connectivity index (χ3v) is 2.62. The number of carbonyl (C=O) groups is 1. The molecule has 0 atom stereocenters. The van der Waals surface area contributed by atoms with Crippen molar-refractivity contribution in [2.24, 2.45) is 0 Å². The van der Waals surface area contributed by atoms with Gasteiger partial charge < -0.3 is 10.6 Å². The molecule has 0 spiro atoms. The fourth-order valence-electron chi connectivity index (χ4n) is 1.33. The Bertz CT molecular complexity index is 379. The number of hydrogen-bond acceptors (Lipinski definition) is 2. The lowest BCUT2D eigenvalue weighted by atomic mass is 10.2. The molecule has 2 N–H and O–H groups in total. The molecule has 0 aliphatic heterocycles. The molecule has 3 nitrogen and oxygen atoms in total. The largest absolute Gasteiger partial charge is 0.352 e. The molecular formula is C13H17ClN2O. The molecule has 1 aromatic carbocycles. The van der Waals surface area contributed by atoms with Crippen molar-refractivity contribution in [1.82, 2.24) is 10.6 Å². The quantitative estimate of drug-likeness (QED) is 0.577. The lowest BCUT2D eigenvalue weighted by Gasteiger charge is -2.07. The Morgan fingerprint density at radius 2 is 2.18 bits per heavy atom. The van der Waals surface area contributed by atoms with Crippen LogP contribution >= 0.6 is 11.6 Å². The minimum Gasteiger partial charge on any atom is -0.352 e. The van der Waals surface area contributed by atoms with Crippen LogP contribution in [0.5, 0.6) is 0 Å². The van der Waals surface area contributed by atoms with Crippen molar-refractivity contribution in [3.63, 3.8) is 0 Å². The van der Waals surface area contributed by atoms with E-state index in [9.17, 15) is 4.79 Å². The van der Waals surface area contributed by atoms with E-state index in [-0.39, 0.29) is 5.91 Å². The monoisotopic (exact) mass is 252 g/mol. The van der Waals surface area contributed by atoms with Crippen LogP contribution in [-0.4, -0.2) is 19.0 Å². The van der Waals surface area contributed by atoms with Crippen molar-refractivity contribution < 1.29 is 4.79 Å². The standard InChI is InChI=1S/C13H17ClN2O/c1-2-8-15-9-7-13(17)16-10-11-5-3-4-6-12(11)14/h2-6,15H,1,7-10H2,(H,16,17). The first-order valence-corrected chi connectivity index (χ1v) is 5.93. The number of hydrogen-bond donors (Lipinski definition) is 2. The van der Waals surface area contributed by atoms with Gasteiger partial charge in [0.15, 0.2) is 0 Å². The van der Waals surface area contributed by atoms with Gasteiger partial charge in [0.25, 0.3) is 0 Å². The van der Waals surface area contributed by atoms with Crippen LogP contribution in [0.1, 0.15) is 12.0 Å². The molecule has 0 fully saturated rings. The first kappa shape index (κ1) is 13.7. The maximum Gasteiger partial charge on any atom is 0.221 e. The van der Waals surface area contributed by atoms with E-state index in [4.69, 9.17) is 11.6 Å². The van der Waals surface area contributed by atoms with Crippen molar-refractivity contribution in [3.05, 3.63) is 47.5 Å². The zero-order valence-corrected chi connectivity index (χ0v) is 10.5. The molecule has 1 amide bonds. The van der Waals surface area contributed by atoms with E-state index in [1.54, 1.807) is 6.08 Å².